The number of hydrogen-bond donors (Lipinski definition) is 0. The van der Waals surface area contributed by atoms with Crippen LogP contribution in [0.25, 0.3) is 6.08 Å². The Kier molecular flexibility index (Phi) is 1.91. The summed E-state index contributed by atoms with van der Waals surface area (Å²) in [5.41, 5.74) is 0. The maximum Gasteiger partial charge on any atom is 0.127 e. The highest BCUT2D eigenvalue weighted by atomic mass is 16.3. The van der Waals surface area contributed by atoms with Crippen LogP contribution in [-0.2, 0) is 0 Å². The Morgan fingerprint density at radius 2 is 2.40 bits per heavy atom. The Bertz CT molecular complexity index is 278. The van der Waals surface area contributed by atoms with Crippen molar-refractivity contribution in [1.29, 1.82) is 5.26 Å². The van der Waals surface area contributed by atoms with Gasteiger partial charge in [0, 0.05) is 6.08 Å². The molecular weight excluding hydrogens is 126 g/mol. The molecular formula is C8H7NO. The summed E-state index contributed by atoms with van der Waals surface area (Å²) in [7, 11) is 0. The lowest BCUT2D eigenvalue weighted by Crippen LogP contribution is -1.58. The minimum Gasteiger partial charge on any atom is -0.462 e. The van der Waals surface area contributed by atoms with Crippen molar-refractivity contribution < 1.29 is 4.42 Å². The van der Waals surface area contributed by atoms with Gasteiger partial charge >= 0.3 is 0 Å². The molecule has 0 saturated carbocycles. The minimum atomic E-state index is 0.721. The van der Waals surface area contributed by atoms with Crippen LogP contribution in [0.4, 0.5) is 0 Å². The van der Waals surface area contributed by atoms with E-state index < -0.39 is 0 Å². The second-order valence-corrected chi connectivity index (χ2v) is 1.91. The number of hydrogen-bond acceptors (Lipinski definition) is 2. The highest BCUT2D eigenvalue weighted by Gasteiger charge is 1.90. The molecule has 0 fully saturated rings. The molecule has 1 heterocycles. The van der Waals surface area contributed by atoms with E-state index >= 15 is 0 Å². The summed E-state index contributed by atoms with van der Waals surface area (Å²) in [5, 5.41) is 8.16. The van der Waals surface area contributed by atoms with Crippen LogP contribution in [0, 0.1) is 18.3 Å². The van der Waals surface area contributed by atoms with Crippen molar-refractivity contribution in [2.75, 3.05) is 0 Å². The highest BCUT2D eigenvalue weighted by Crippen LogP contribution is 2.07. The molecule has 0 radical (unpaired) electrons. The lowest BCUT2D eigenvalue weighted by molar-refractivity contribution is 0.525. The molecule has 0 spiro atoms. The summed E-state index contributed by atoms with van der Waals surface area (Å²) >= 11 is 0. The zero-order valence-corrected chi connectivity index (χ0v) is 5.66. The number of furan rings is 1. The van der Waals surface area contributed by atoms with Gasteiger partial charge in [-0.05, 0) is 25.1 Å². The monoisotopic (exact) mass is 133 g/mol. The molecule has 0 saturated heterocycles. The van der Waals surface area contributed by atoms with Gasteiger partial charge in [0.25, 0.3) is 0 Å². The summed E-state index contributed by atoms with van der Waals surface area (Å²) in [5.74, 6) is 1.58. The molecule has 2 nitrogen and oxygen atoms in total. The molecule has 0 amide bonds. The molecule has 50 valence electrons. The number of nitrogens with zero attached hydrogens (tertiary/aromatic N) is 1. The first kappa shape index (κ1) is 6.63. The average Bonchev–Trinajstić information content (AvgIpc) is 2.31. The molecule has 0 N–H and O–H groups in total. The highest BCUT2D eigenvalue weighted by molar-refractivity contribution is 5.45. The second-order valence-electron chi connectivity index (χ2n) is 1.91. The fourth-order valence-corrected chi connectivity index (χ4v) is 0.662. The van der Waals surface area contributed by atoms with Gasteiger partial charge in [-0.25, -0.2) is 0 Å². The SMILES string of the molecule is Cc1ccc(C=CC#N)o1. The van der Waals surface area contributed by atoms with Gasteiger partial charge in [0.15, 0.2) is 0 Å². The first-order chi connectivity index (χ1) is 4.83. The van der Waals surface area contributed by atoms with Gasteiger partial charge in [0.05, 0.1) is 6.07 Å². The predicted octanol–water partition coefficient (Wildman–Crippen LogP) is 2.12. The molecule has 1 rings (SSSR count). The van der Waals surface area contributed by atoms with Gasteiger partial charge in [-0.2, -0.15) is 5.26 Å². The summed E-state index contributed by atoms with van der Waals surface area (Å²) in [6.07, 6.45) is 3.02. The molecule has 0 aliphatic rings. The lowest BCUT2D eigenvalue weighted by atomic mass is 10.4. The normalized spacial score (nSPS) is 10.0. The van der Waals surface area contributed by atoms with Crippen LogP contribution >= 0.6 is 0 Å². The van der Waals surface area contributed by atoms with Crippen LogP contribution in [-0.4, -0.2) is 0 Å². The topological polar surface area (TPSA) is 36.9 Å². The molecule has 0 unspecified atom stereocenters. The molecule has 0 aliphatic heterocycles. The zero-order valence-electron chi connectivity index (χ0n) is 5.66. The van der Waals surface area contributed by atoms with Crippen molar-refractivity contribution in [1.82, 2.24) is 0 Å². The number of rotatable bonds is 1. The molecule has 10 heavy (non-hydrogen) atoms. The zero-order chi connectivity index (χ0) is 7.40. The van der Waals surface area contributed by atoms with E-state index in [2.05, 4.69) is 0 Å². The summed E-state index contributed by atoms with van der Waals surface area (Å²) in [4.78, 5) is 0. The van der Waals surface area contributed by atoms with E-state index in [0.29, 0.717) is 0 Å². The Morgan fingerprint density at radius 3 is 2.90 bits per heavy atom. The van der Waals surface area contributed by atoms with E-state index in [0.717, 1.165) is 11.5 Å². The van der Waals surface area contributed by atoms with Crippen molar-refractivity contribution in [3.63, 3.8) is 0 Å². The van der Waals surface area contributed by atoms with Crippen LogP contribution in [0.1, 0.15) is 11.5 Å². The third kappa shape index (κ3) is 1.49. The third-order valence-corrected chi connectivity index (χ3v) is 1.08. The largest absolute Gasteiger partial charge is 0.462 e. The maximum absolute atomic E-state index is 8.16. The van der Waals surface area contributed by atoms with Gasteiger partial charge in [-0.3, -0.25) is 0 Å². The fraction of sp³-hybridized carbons (Fsp3) is 0.125. The summed E-state index contributed by atoms with van der Waals surface area (Å²) in [6, 6.07) is 5.57. The van der Waals surface area contributed by atoms with Crippen molar-refractivity contribution >= 4 is 6.08 Å². The van der Waals surface area contributed by atoms with Gasteiger partial charge in [0.1, 0.15) is 11.5 Å². The number of allylic oxidation sites excluding steroid dienone is 1. The molecule has 1 aromatic heterocycles. The first-order valence-electron chi connectivity index (χ1n) is 2.95. The first-order valence-corrected chi connectivity index (χ1v) is 2.95. The Labute approximate surface area is 59.4 Å². The Hall–Kier alpha value is -1.49. The van der Waals surface area contributed by atoms with Crippen LogP contribution in [0.2, 0.25) is 0 Å². The van der Waals surface area contributed by atoms with Crippen molar-refractivity contribution in [2.24, 2.45) is 0 Å². The van der Waals surface area contributed by atoms with Crippen molar-refractivity contribution in [3.8, 4) is 6.07 Å². The Morgan fingerprint density at radius 1 is 1.60 bits per heavy atom. The van der Waals surface area contributed by atoms with Crippen LogP contribution in [0.15, 0.2) is 22.6 Å². The number of nitriles is 1. The summed E-state index contributed by atoms with van der Waals surface area (Å²) in [6.45, 7) is 1.86. The van der Waals surface area contributed by atoms with Crippen LogP contribution in [0.5, 0.6) is 0 Å². The van der Waals surface area contributed by atoms with E-state index in [1.54, 1.807) is 6.08 Å². The van der Waals surface area contributed by atoms with E-state index in [1.165, 1.54) is 6.08 Å². The van der Waals surface area contributed by atoms with E-state index in [-0.39, 0.29) is 0 Å². The average molecular weight is 133 g/mol. The molecule has 0 atom stereocenters. The molecule has 2 heteroatoms. The van der Waals surface area contributed by atoms with Gasteiger partial charge in [0.2, 0.25) is 0 Å². The van der Waals surface area contributed by atoms with Gasteiger partial charge in [-0.15, -0.1) is 0 Å². The standard InChI is InChI=1S/C8H7NO/c1-7-4-5-8(10-7)3-2-6-9/h2-5H,1H3. The van der Waals surface area contributed by atoms with E-state index in [1.807, 2.05) is 25.1 Å². The third-order valence-electron chi connectivity index (χ3n) is 1.08. The van der Waals surface area contributed by atoms with Crippen molar-refractivity contribution in [2.45, 2.75) is 6.92 Å². The maximum atomic E-state index is 8.16. The lowest BCUT2D eigenvalue weighted by Gasteiger charge is -1.79. The van der Waals surface area contributed by atoms with Crippen LogP contribution < -0.4 is 0 Å². The van der Waals surface area contributed by atoms with E-state index in [4.69, 9.17) is 9.68 Å². The summed E-state index contributed by atoms with van der Waals surface area (Å²) < 4.78 is 5.15. The fourth-order valence-electron chi connectivity index (χ4n) is 0.662. The molecule has 0 aliphatic carbocycles. The van der Waals surface area contributed by atoms with Gasteiger partial charge in [-0.1, -0.05) is 0 Å². The molecule has 0 bridgehead atoms. The van der Waals surface area contributed by atoms with E-state index in [9.17, 15) is 0 Å². The van der Waals surface area contributed by atoms with Crippen LogP contribution in [0.3, 0.4) is 0 Å². The molecule has 1 aromatic rings. The minimum absolute atomic E-state index is 0.721. The molecule has 0 aromatic carbocycles. The number of aryl methyl sites for hydroxylation is 1. The van der Waals surface area contributed by atoms with Gasteiger partial charge < -0.3 is 4.42 Å². The predicted molar refractivity (Wildman–Crippen MR) is 38.1 cm³/mol. The second kappa shape index (κ2) is 2.88. The smallest absolute Gasteiger partial charge is 0.127 e. The van der Waals surface area contributed by atoms with Crippen molar-refractivity contribution in [3.05, 3.63) is 29.7 Å². The quantitative estimate of drug-likeness (QED) is 0.550. The Balaban J connectivity index is 2.78.